The molecule has 0 aliphatic carbocycles. The van der Waals surface area contributed by atoms with Gasteiger partial charge >= 0.3 is 6.03 Å². The highest BCUT2D eigenvalue weighted by Crippen LogP contribution is 2.23. The maximum absolute atomic E-state index is 12.1. The lowest BCUT2D eigenvalue weighted by molar-refractivity contribution is 0.0437. The highest BCUT2D eigenvalue weighted by Gasteiger charge is 2.32. The lowest BCUT2D eigenvalue weighted by atomic mass is 10.1. The summed E-state index contributed by atoms with van der Waals surface area (Å²) in [4.78, 5) is 18.1. The van der Waals surface area contributed by atoms with Crippen LogP contribution in [0.1, 0.15) is 23.7 Å². The molecule has 1 aliphatic heterocycles. The van der Waals surface area contributed by atoms with E-state index in [1.807, 2.05) is 37.3 Å². The molecule has 2 amide bonds. The van der Waals surface area contributed by atoms with Crippen LogP contribution in [-0.2, 0) is 13.0 Å². The first-order valence-electron chi connectivity index (χ1n) is 8.34. The fourth-order valence-electron chi connectivity index (χ4n) is 2.77. The predicted octanol–water partition coefficient (Wildman–Crippen LogP) is 2.93. The van der Waals surface area contributed by atoms with Gasteiger partial charge in [-0.15, -0.1) is 0 Å². The Morgan fingerprint density at radius 2 is 2.12 bits per heavy atom. The number of likely N-dealkylation sites (tertiary alicyclic amines) is 1. The summed E-state index contributed by atoms with van der Waals surface area (Å²) >= 11 is 0. The van der Waals surface area contributed by atoms with Gasteiger partial charge in [0.15, 0.2) is 0 Å². The predicted molar refractivity (Wildman–Crippen MR) is 93.0 cm³/mol. The molecule has 3 rings (SSSR count). The first kappa shape index (κ1) is 16.3. The van der Waals surface area contributed by atoms with Crippen LogP contribution in [0.25, 0.3) is 0 Å². The van der Waals surface area contributed by atoms with Gasteiger partial charge < -0.3 is 15.0 Å². The van der Waals surface area contributed by atoms with Gasteiger partial charge in [-0.3, -0.25) is 4.98 Å². The molecule has 0 unspecified atom stereocenters. The Bertz CT molecular complexity index is 711. The van der Waals surface area contributed by atoms with Crippen LogP contribution >= 0.6 is 0 Å². The molecule has 0 saturated carbocycles. The van der Waals surface area contributed by atoms with Gasteiger partial charge in [0.05, 0.1) is 13.1 Å². The Morgan fingerprint density at radius 1 is 1.33 bits per heavy atom. The number of carbonyl (C=O) groups excluding carboxylic acids is 1. The van der Waals surface area contributed by atoms with Gasteiger partial charge in [0.25, 0.3) is 0 Å². The van der Waals surface area contributed by atoms with E-state index in [1.54, 1.807) is 11.1 Å². The third-order valence-electron chi connectivity index (χ3n) is 4.19. The van der Waals surface area contributed by atoms with E-state index in [0.29, 0.717) is 19.6 Å². The number of carbonyl (C=O) groups is 1. The number of para-hydroxylation sites is 1. The smallest absolute Gasteiger partial charge is 0.317 e. The molecule has 1 saturated heterocycles. The molecule has 2 aromatic rings. The van der Waals surface area contributed by atoms with Gasteiger partial charge in [-0.2, -0.15) is 0 Å². The van der Waals surface area contributed by atoms with Crippen LogP contribution < -0.4 is 10.1 Å². The van der Waals surface area contributed by atoms with E-state index in [0.717, 1.165) is 23.4 Å². The van der Waals surface area contributed by atoms with Crippen molar-refractivity contribution >= 4 is 6.03 Å². The van der Waals surface area contributed by atoms with Crippen LogP contribution in [0.4, 0.5) is 4.79 Å². The lowest BCUT2D eigenvalue weighted by Gasteiger charge is -2.39. The fraction of sp³-hybridized carbons (Fsp3) is 0.368. The first-order valence-corrected chi connectivity index (χ1v) is 8.34. The molecule has 0 bridgehead atoms. The summed E-state index contributed by atoms with van der Waals surface area (Å²) in [6, 6.07) is 11.9. The molecule has 1 N–H and O–H groups in total. The third-order valence-corrected chi connectivity index (χ3v) is 4.19. The highest BCUT2D eigenvalue weighted by molar-refractivity contribution is 5.75. The number of nitrogens with one attached hydrogen (secondary N) is 1. The van der Waals surface area contributed by atoms with Gasteiger partial charge in [0.2, 0.25) is 0 Å². The standard InChI is InChI=1S/C19H23N3O2/c1-3-16-6-4-5-7-18(16)24-17-12-22(13-17)19(23)21-11-15-8-9-20-14(2)10-15/h4-10,17H,3,11-13H2,1-2H3,(H,21,23). The topological polar surface area (TPSA) is 54.5 Å². The minimum atomic E-state index is -0.0481. The van der Waals surface area contributed by atoms with Crippen LogP contribution in [0, 0.1) is 6.92 Å². The highest BCUT2D eigenvalue weighted by atomic mass is 16.5. The number of amides is 2. The zero-order valence-corrected chi connectivity index (χ0v) is 14.2. The summed E-state index contributed by atoms with van der Waals surface area (Å²) in [5.74, 6) is 0.928. The number of benzene rings is 1. The second kappa shape index (κ2) is 7.34. The van der Waals surface area contributed by atoms with E-state index in [-0.39, 0.29) is 12.1 Å². The minimum absolute atomic E-state index is 0.0481. The minimum Gasteiger partial charge on any atom is -0.486 e. The summed E-state index contributed by atoms with van der Waals surface area (Å²) in [6.07, 6.45) is 2.78. The van der Waals surface area contributed by atoms with Crippen molar-refractivity contribution < 1.29 is 9.53 Å². The number of hydrogen-bond donors (Lipinski definition) is 1. The van der Waals surface area contributed by atoms with E-state index < -0.39 is 0 Å². The largest absolute Gasteiger partial charge is 0.486 e. The van der Waals surface area contributed by atoms with Crippen molar-refractivity contribution in [2.24, 2.45) is 0 Å². The number of nitrogens with zero attached hydrogens (tertiary/aromatic N) is 2. The van der Waals surface area contributed by atoms with Crippen LogP contribution in [0.3, 0.4) is 0 Å². The zero-order valence-electron chi connectivity index (χ0n) is 14.2. The van der Waals surface area contributed by atoms with Gasteiger partial charge in [0, 0.05) is 18.4 Å². The SMILES string of the molecule is CCc1ccccc1OC1CN(C(=O)NCc2ccnc(C)c2)C1. The average Bonchev–Trinajstić information content (AvgIpc) is 2.56. The van der Waals surface area contributed by atoms with Crippen LogP contribution in [0.2, 0.25) is 0 Å². The average molecular weight is 325 g/mol. The first-order chi connectivity index (χ1) is 11.7. The molecule has 2 heterocycles. The van der Waals surface area contributed by atoms with E-state index in [9.17, 15) is 4.79 Å². The Morgan fingerprint density at radius 3 is 2.88 bits per heavy atom. The summed E-state index contributed by atoms with van der Waals surface area (Å²) < 4.78 is 6.00. The molecular formula is C19H23N3O2. The van der Waals surface area contributed by atoms with Gasteiger partial charge in [-0.05, 0) is 42.7 Å². The van der Waals surface area contributed by atoms with Crippen molar-refractivity contribution in [1.29, 1.82) is 0 Å². The molecule has 126 valence electrons. The number of aromatic nitrogens is 1. The quantitative estimate of drug-likeness (QED) is 0.919. The Labute approximate surface area is 142 Å². The molecule has 1 aliphatic rings. The number of pyridine rings is 1. The normalized spacial score (nSPS) is 14.2. The lowest BCUT2D eigenvalue weighted by Crippen LogP contribution is -2.58. The third kappa shape index (κ3) is 3.85. The Balaban J connectivity index is 1.45. The maximum atomic E-state index is 12.1. The van der Waals surface area contributed by atoms with Crippen LogP contribution in [-0.4, -0.2) is 35.1 Å². The molecule has 0 atom stereocenters. The summed E-state index contributed by atoms with van der Waals surface area (Å²) in [7, 11) is 0. The monoisotopic (exact) mass is 325 g/mol. The number of aryl methyl sites for hydroxylation is 2. The van der Waals surface area contributed by atoms with Crippen LogP contribution in [0.5, 0.6) is 5.75 Å². The molecule has 0 radical (unpaired) electrons. The molecular weight excluding hydrogens is 302 g/mol. The molecule has 24 heavy (non-hydrogen) atoms. The van der Waals surface area contributed by atoms with Crippen LogP contribution in [0.15, 0.2) is 42.6 Å². The van der Waals surface area contributed by atoms with E-state index in [1.165, 1.54) is 5.56 Å². The van der Waals surface area contributed by atoms with Gasteiger partial charge in [-0.1, -0.05) is 25.1 Å². The van der Waals surface area contributed by atoms with Gasteiger partial charge in [-0.25, -0.2) is 4.79 Å². The number of urea groups is 1. The number of rotatable bonds is 5. The van der Waals surface area contributed by atoms with Crippen molar-refractivity contribution in [3.8, 4) is 5.75 Å². The molecule has 1 aromatic heterocycles. The zero-order chi connectivity index (χ0) is 16.9. The molecule has 0 spiro atoms. The van der Waals surface area contributed by atoms with E-state index in [2.05, 4.69) is 23.3 Å². The van der Waals surface area contributed by atoms with E-state index in [4.69, 9.17) is 4.74 Å². The second-order valence-corrected chi connectivity index (χ2v) is 6.07. The fourth-order valence-corrected chi connectivity index (χ4v) is 2.77. The number of ether oxygens (including phenoxy) is 1. The Kier molecular flexibility index (Phi) is 4.99. The van der Waals surface area contributed by atoms with Crippen molar-refractivity contribution in [2.75, 3.05) is 13.1 Å². The molecule has 5 nitrogen and oxygen atoms in total. The molecule has 5 heteroatoms. The molecule has 1 aromatic carbocycles. The van der Waals surface area contributed by atoms with Gasteiger partial charge in [0.1, 0.15) is 11.9 Å². The number of hydrogen-bond acceptors (Lipinski definition) is 3. The van der Waals surface area contributed by atoms with E-state index >= 15 is 0 Å². The Hall–Kier alpha value is -2.56. The summed E-state index contributed by atoms with van der Waals surface area (Å²) in [5, 5.41) is 2.94. The summed E-state index contributed by atoms with van der Waals surface area (Å²) in [5.41, 5.74) is 3.21. The van der Waals surface area contributed by atoms with Crippen molar-refractivity contribution in [3.05, 3.63) is 59.4 Å². The summed E-state index contributed by atoms with van der Waals surface area (Å²) in [6.45, 7) is 5.82. The maximum Gasteiger partial charge on any atom is 0.317 e. The van der Waals surface area contributed by atoms with Crippen molar-refractivity contribution in [3.63, 3.8) is 0 Å². The molecule has 1 fully saturated rings. The van der Waals surface area contributed by atoms with Crippen molar-refractivity contribution in [2.45, 2.75) is 32.9 Å². The van der Waals surface area contributed by atoms with Crippen molar-refractivity contribution in [1.82, 2.24) is 15.2 Å². The second-order valence-electron chi connectivity index (χ2n) is 6.07.